The van der Waals surface area contributed by atoms with Crippen LogP contribution in [0.2, 0.25) is 0 Å². The molecule has 2 aromatic heterocycles. The molecular formula is C18H16N4O3S. The highest BCUT2D eigenvalue weighted by Crippen LogP contribution is 2.29. The number of Topliss-reactive ketones (excluding diaryl/α,β-unsaturated/α-hetero) is 1. The quantitative estimate of drug-likeness (QED) is 0.509. The zero-order valence-electron chi connectivity index (χ0n) is 14.3. The van der Waals surface area contributed by atoms with Crippen molar-refractivity contribution in [2.24, 2.45) is 7.05 Å². The maximum Gasteiger partial charge on any atom is 0.231 e. The van der Waals surface area contributed by atoms with Gasteiger partial charge < -0.3 is 13.9 Å². The van der Waals surface area contributed by atoms with E-state index in [-0.39, 0.29) is 17.4 Å². The molecule has 3 aromatic rings. The topological polar surface area (TPSA) is 81.2 Å². The number of amides is 1. The lowest BCUT2D eigenvalue weighted by Gasteiger charge is -2.10. The van der Waals surface area contributed by atoms with Crippen molar-refractivity contribution in [2.75, 3.05) is 17.7 Å². The van der Waals surface area contributed by atoms with Gasteiger partial charge in [0.2, 0.25) is 5.91 Å². The molecule has 7 nitrogen and oxygen atoms in total. The van der Waals surface area contributed by atoms with Gasteiger partial charge in [0.1, 0.15) is 0 Å². The van der Waals surface area contributed by atoms with Gasteiger partial charge in [0, 0.05) is 25.3 Å². The molecule has 4 rings (SSSR count). The molecule has 0 unspecified atom stereocenters. The van der Waals surface area contributed by atoms with Crippen LogP contribution in [0.25, 0.3) is 11.6 Å². The average molecular weight is 368 g/mol. The van der Waals surface area contributed by atoms with Gasteiger partial charge in [0.25, 0.3) is 0 Å². The zero-order valence-corrected chi connectivity index (χ0v) is 15.1. The van der Waals surface area contributed by atoms with Crippen molar-refractivity contribution in [3.05, 3.63) is 47.7 Å². The number of fused-ring (bicyclic) bond motifs is 1. The predicted octanol–water partition coefficient (Wildman–Crippen LogP) is 2.57. The number of benzene rings is 1. The largest absolute Gasteiger partial charge is 0.461 e. The third-order valence-electron chi connectivity index (χ3n) is 4.39. The Morgan fingerprint density at radius 1 is 1.27 bits per heavy atom. The van der Waals surface area contributed by atoms with Crippen LogP contribution in [0.3, 0.4) is 0 Å². The molecule has 1 aromatic carbocycles. The smallest absolute Gasteiger partial charge is 0.231 e. The number of hydrogen-bond donors (Lipinski definition) is 0. The number of furan rings is 1. The molecule has 0 saturated carbocycles. The number of hydrogen-bond acceptors (Lipinski definition) is 6. The fourth-order valence-electron chi connectivity index (χ4n) is 2.92. The van der Waals surface area contributed by atoms with Gasteiger partial charge in [-0.05, 0) is 35.9 Å². The number of rotatable bonds is 5. The van der Waals surface area contributed by atoms with Crippen molar-refractivity contribution in [3.8, 4) is 11.6 Å². The summed E-state index contributed by atoms with van der Waals surface area (Å²) in [5.74, 6) is 1.52. The number of ketones is 1. The van der Waals surface area contributed by atoms with Crippen LogP contribution >= 0.6 is 11.8 Å². The predicted molar refractivity (Wildman–Crippen MR) is 97.3 cm³/mol. The maximum atomic E-state index is 12.5. The van der Waals surface area contributed by atoms with E-state index in [0.29, 0.717) is 28.7 Å². The van der Waals surface area contributed by atoms with Crippen LogP contribution < -0.4 is 4.90 Å². The summed E-state index contributed by atoms with van der Waals surface area (Å²) in [4.78, 5) is 25.9. The van der Waals surface area contributed by atoms with Gasteiger partial charge in [-0.15, -0.1) is 10.2 Å². The molecule has 132 valence electrons. The van der Waals surface area contributed by atoms with Crippen LogP contribution in [-0.2, 0) is 18.3 Å². The standard InChI is InChI=1S/C18H16N4O3S/c1-21-13-6-5-11(8-12(13)9-16(21)24)14(23)10-26-18-20-19-17(22(18)2)15-4-3-7-25-15/h3-8H,9-10H2,1-2H3. The van der Waals surface area contributed by atoms with Crippen LogP contribution in [-0.4, -0.2) is 39.3 Å². The fraction of sp³-hybridized carbons (Fsp3) is 0.222. The number of likely N-dealkylation sites (N-methyl/N-ethyl adjacent to an activating group) is 1. The van der Waals surface area contributed by atoms with Crippen molar-refractivity contribution < 1.29 is 14.0 Å². The lowest BCUT2D eigenvalue weighted by molar-refractivity contribution is -0.117. The second-order valence-electron chi connectivity index (χ2n) is 6.03. The molecule has 0 spiro atoms. The minimum absolute atomic E-state index is 0.0117. The normalized spacial score (nSPS) is 13.3. The highest BCUT2D eigenvalue weighted by molar-refractivity contribution is 7.99. The summed E-state index contributed by atoms with van der Waals surface area (Å²) in [7, 11) is 3.58. The Labute approximate surface area is 154 Å². The summed E-state index contributed by atoms with van der Waals surface area (Å²) in [6.45, 7) is 0. The molecule has 1 aliphatic heterocycles. The fourth-order valence-corrected chi connectivity index (χ4v) is 3.72. The second-order valence-corrected chi connectivity index (χ2v) is 6.97. The van der Waals surface area contributed by atoms with E-state index in [1.807, 2.05) is 25.2 Å². The third kappa shape index (κ3) is 2.82. The summed E-state index contributed by atoms with van der Waals surface area (Å²) >= 11 is 1.32. The van der Waals surface area contributed by atoms with E-state index in [4.69, 9.17) is 4.42 Å². The Morgan fingerprint density at radius 2 is 2.12 bits per heavy atom. The van der Waals surface area contributed by atoms with Crippen molar-refractivity contribution in [3.63, 3.8) is 0 Å². The maximum absolute atomic E-state index is 12.5. The number of aromatic nitrogens is 3. The Hall–Kier alpha value is -2.87. The van der Waals surface area contributed by atoms with Crippen LogP contribution in [0, 0.1) is 0 Å². The second kappa shape index (κ2) is 6.45. The van der Waals surface area contributed by atoms with Crippen LogP contribution in [0.4, 0.5) is 5.69 Å². The van der Waals surface area contributed by atoms with E-state index in [1.165, 1.54) is 11.8 Å². The number of anilines is 1. The summed E-state index contributed by atoms with van der Waals surface area (Å²) in [5.41, 5.74) is 2.37. The van der Waals surface area contributed by atoms with Gasteiger partial charge in [0.05, 0.1) is 18.4 Å². The Balaban J connectivity index is 1.47. The molecule has 0 fully saturated rings. The number of carbonyl (C=O) groups excluding carboxylic acids is 2. The van der Waals surface area contributed by atoms with Gasteiger partial charge >= 0.3 is 0 Å². The molecular weight excluding hydrogens is 352 g/mol. The molecule has 1 amide bonds. The molecule has 3 heterocycles. The van der Waals surface area contributed by atoms with Crippen LogP contribution in [0.1, 0.15) is 15.9 Å². The van der Waals surface area contributed by atoms with E-state index < -0.39 is 0 Å². The highest BCUT2D eigenvalue weighted by atomic mass is 32.2. The molecule has 0 bridgehead atoms. The van der Waals surface area contributed by atoms with Gasteiger partial charge in [-0.2, -0.15) is 0 Å². The van der Waals surface area contributed by atoms with Crippen molar-refractivity contribution in [1.29, 1.82) is 0 Å². The molecule has 0 atom stereocenters. The zero-order chi connectivity index (χ0) is 18.3. The highest BCUT2D eigenvalue weighted by Gasteiger charge is 2.25. The summed E-state index contributed by atoms with van der Waals surface area (Å²) in [6.07, 6.45) is 1.92. The third-order valence-corrected chi connectivity index (χ3v) is 5.41. The van der Waals surface area contributed by atoms with Crippen LogP contribution in [0.15, 0.2) is 46.2 Å². The minimum Gasteiger partial charge on any atom is -0.461 e. The first kappa shape index (κ1) is 16.6. The molecule has 8 heteroatoms. The van der Waals surface area contributed by atoms with E-state index in [1.54, 1.807) is 34.9 Å². The lowest BCUT2D eigenvalue weighted by Crippen LogP contribution is -2.20. The number of nitrogens with zero attached hydrogens (tertiary/aromatic N) is 4. The molecule has 0 saturated heterocycles. The first-order valence-corrected chi connectivity index (χ1v) is 9.02. The van der Waals surface area contributed by atoms with Gasteiger partial charge in [-0.1, -0.05) is 11.8 Å². The molecule has 0 N–H and O–H groups in total. The SMILES string of the molecule is CN1C(=O)Cc2cc(C(=O)CSc3nnc(-c4ccco4)n3C)ccc21. The lowest BCUT2D eigenvalue weighted by atomic mass is 10.1. The van der Waals surface area contributed by atoms with Crippen molar-refractivity contribution >= 4 is 29.1 Å². The van der Waals surface area contributed by atoms with E-state index >= 15 is 0 Å². The van der Waals surface area contributed by atoms with Crippen molar-refractivity contribution in [2.45, 2.75) is 11.6 Å². The summed E-state index contributed by atoms with van der Waals surface area (Å²) in [6, 6.07) is 9.00. The van der Waals surface area contributed by atoms with Crippen LogP contribution in [0.5, 0.6) is 0 Å². The molecule has 0 radical (unpaired) electrons. The van der Waals surface area contributed by atoms with E-state index in [9.17, 15) is 9.59 Å². The van der Waals surface area contributed by atoms with Gasteiger partial charge in [0.15, 0.2) is 22.5 Å². The van der Waals surface area contributed by atoms with Gasteiger partial charge in [-0.25, -0.2) is 0 Å². The monoisotopic (exact) mass is 368 g/mol. The summed E-state index contributed by atoms with van der Waals surface area (Å²) in [5, 5.41) is 8.88. The molecule has 26 heavy (non-hydrogen) atoms. The van der Waals surface area contributed by atoms with Gasteiger partial charge in [-0.3, -0.25) is 9.59 Å². The first-order valence-electron chi connectivity index (χ1n) is 8.03. The first-order chi connectivity index (χ1) is 12.5. The van der Waals surface area contributed by atoms with Crippen molar-refractivity contribution in [1.82, 2.24) is 14.8 Å². The Morgan fingerprint density at radius 3 is 2.88 bits per heavy atom. The minimum atomic E-state index is -0.0117. The Kier molecular flexibility index (Phi) is 4.12. The van der Waals surface area contributed by atoms with E-state index in [0.717, 1.165) is 11.3 Å². The molecule has 0 aliphatic carbocycles. The Bertz CT molecular complexity index is 994. The average Bonchev–Trinajstić information content (AvgIpc) is 3.34. The number of thioether (sulfide) groups is 1. The number of carbonyl (C=O) groups is 2. The van der Waals surface area contributed by atoms with E-state index in [2.05, 4.69) is 10.2 Å². The molecule has 1 aliphatic rings. The summed E-state index contributed by atoms with van der Waals surface area (Å²) < 4.78 is 7.14.